The van der Waals surface area contributed by atoms with Crippen LogP contribution in [-0.4, -0.2) is 20.6 Å². The summed E-state index contributed by atoms with van der Waals surface area (Å²) < 4.78 is 0. The minimum atomic E-state index is 0.0131. The lowest BCUT2D eigenvalue weighted by molar-refractivity contribution is 0.369. The van der Waals surface area contributed by atoms with Gasteiger partial charge in [-0.1, -0.05) is 79.7 Å². The molecule has 2 N–H and O–H groups in total. The Kier molecular flexibility index (Phi) is 4.78. The quantitative estimate of drug-likeness (QED) is 0.733. The molecule has 23 heavy (non-hydrogen) atoms. The van der Waals surface area contributed by atoms with E-state index < -0.39 is 0 Å². The fourth-order valence-corrected chi connectivity index (χ4v) is 2.72. The summed E-state index contributed by atoms with van der Waals surface area (Å²) in [5.74, 6) is 1.03. The molecule has 0 amide bonds. The topological polar surface area (TPSA) is 66.5 Å². The van der Waals surface area contributed by atoms with Crippen LogP contribution >= 0.6 is 0 Å². The molecule has 0 fully saturated rings. The molecule has 0 aliphatic carbocycles. The molecule has 0 aliphatic heterocycles. The van der Waals surface area contributed by atoms with Gasteiger partial charge in [0.2, 0.25) is 0 Å². The maximum Gasteiger partial charge on any atom is 0.191 e. The van der Waals surface area contributed by atoms with E-state index in [0.717, 1.165) is 0 Å². The number of rotatable bonds is 6. The number of nitrogens with one attached hydrogen (secondary N) is 2. The van der Waals surface area contributed by atoms with Gasteiger partial charge in [0.05, 0.1) is 12.1 Å². The Bertz CT molecular complexity index is 655. The molecule has 0 saturated carbocycles. The first-order valence-corrected chi connectivity index (χ1v) is 7.85. The van der Waals surface area contributed by atoms with E-state index in [0.29, 0.717) is 11.7 Å². The lowest BCUT2D eigenvalue weighted by Crippen LogP contribution is -2.31. The SMILES string of the molecule is CC(C)C(NC(c1ccccc1)c1ccccc1)c1nn[nH]n1. The molecule has 0 bridgehead atoms. The maximum absolute atomic E-state index is 4.17. The van der Waals surface area contributed by atoms with Crippen molar-refractivity contribution in [2.75, 3.05) is 0 Å². The van der Waals surface area contributed by atoms with E-state index in [1.807, 2.05) is 12.1 Å². The van der Waals surface area contributed by atoms with Gasteiger partial charge in [-0.2, -0.15) is 5.21 Å². The van der Waals surface area contributed by atoms with Crippen LogP contribution in [0, 0.1) is 5.92 Å². The van der Waals surface area contributed by atoms with Crippen LogP contribution in [0.4, 0.5) is 0 Å². The van der Waals surface area contributed by atoms with Crippen LogP contribution in [0.25, 0.3) is 0 Å². The second kappa shape index (κ2) is 7.15. The molecule has 1 atom stereocenters. The number of nitrogens with zero attached hydrogens (tertiary/aromatic N) is 3. The molecule has 0 saturated heterocycles. The van der Waals surface area contributed by atoms with E-state index in [9.17, 15) is 0 Å². The molecule has 118 valence electrons. The summed E-state index contributed by atoms with van der Waals surface area (Å²) in [5.41, 5.74) is 2.43. The normalized spacial score (nSPS) is 12.7. The summed E-state index contributed by atoms with van der Waals surface area (Å²) in [6.45, 7) is 4.31. The molecule has 1 unspecified atom stereocenters. The summed E-state index contributed by atoms with van der Waals surface area (Å²) in [6.07, 6.45) is 0. The number of hydrogen-bond acceptors (Lipinski definition) is 4. The highest BCUT2D eigenvalue weighted by atomic mass is 15.5. The highest BCUT2D eigenvalue weighted by Gasteiger charge is 2.25. The number of tetrazole rings is 1. The Balaban J connectivity index is 1.95. The molecule has 1 heterocycles. The highest BCUT2D eigenvalue weighted by Crippen LogP contribution is 2.28. The predicted molar refractivity (Wildman–Crippen MR) is 89.6 cm³/mol. The Morgan fingerprint density at radius 1 is 0.870 bits per heavy atom. The van der Waals surface area contributed by atoms with Gasteiger partial charge in [0.25, 0.3) is 0 Å². The smallest absolute Gasteiger partial charge is 0.191 e. The third-order valence-corrected chi connectivity index (χ3v) is 3.92. The average molecular weight is 307 g/mol. The minimum Gasteiger partial charge on any atom is -0.296 e. The fraction of sp³-hybridized carbons (Fsp3) is 0.278. The molecule has 1 aromatic heterocycles. The minimum absolute atomic E-state index is 0.0131. The van der Waals surface area contributed by atoms with Crippen molar-refractivity contribution in [3.8, 4) is 0 Å². The van der Waals surface area contributed by atoms with E-state index >= 15 is 0 Å². The first-order valence-electron chi connectivity index (χ1n) is 7.85. The Hall–Kier alpha value is -2.53. The molecular formula is C18H21N5. The molecule has 0 spiro atoms. The number of aromatic amines is 1. The van der Waals surface area contributed by atoms with E-state index in [1.165, 1.54) is 11.1 Å². The molecule has 3 aromatic rings. The van der Waals surface area contributed by atoms with Gasteiger partial charge in [0, 0.05) is 0 Å². The van der Waals surface area contributed by atoms with E-state index in [1.54, 1.807) is 0 Å². The van der Waals surface area contributed by atoms with Crippen LogP contribution < -0.4 is 5.32 Å². The third kappa shape index (κ3) is 3.63. The molecule has 2 aromatic carbocycles. The van der Waals surface area contributed by atoms with Crippen LogP contribution in [0.2, 0.25) is 0 Å². The predicted octanol–water partition coefficient (Wildman–Crippen LogP) is 3.28. The summed E-state index contributed by atoms with van der Waals surface area (Å²) in [4.78, 5) is 0. The van der Waals surface area contributed by atoms with Crippen molar-refractivity contribution in [3.63, 3.8) is 0 Å². The fourth-order valence-electron chi connectivity index (χ4n) is 2.72. The van der Waals surface area contributed by atoms with E-state index in [-0.39, 0.29) is 12.1 Å². The maximum atomic E-state index is 4.17. The van der Waals surface area contributed by atoms with Gasteiger partial charge in [-0.25, -0.2) is 0 Å². The second-order valence-corrected chi connectivity index (χ2v) is 5.91. The van der Waals surface area contributed by atoms with Crippen LogP contribution in [0.3, 0.4) is 0 Å². The van der Waals surface area contributed by atoms with Crippen molar-refractivity contribution >= 4 is 0 Å². The van der Waals surface area contributed by atoms with Crippen LogP contribution in [0.15, 0.2) is 60.7 Å². The molecular weight excluding hydrogens is 286 g/mol. The number of aromatic nitrogens is 4. The first kappa shape index (κ1) is 15.4. The van der Waals surface area contributed by atoms with Crippen molar-refractivity contribution in [3.05, 3.63) is 77.6 Å². The molecule has 3 rings (SSSR count). The van der Waals surface area contributed by atoms with Gasteiger partial charge >= 0.3 is 0 Å². The summed E-state index contributed by atoms with van der Waals surface area (Å²) >= 11 is 0. The van der Waals surface area contributed by atoms with Gasteiger partial charge in [-0.3, -0.25) is 5.32 Å². The lowest BCUT2D eigenvalue weighted by Gasteiger charge is -2.27. The Morgan fingerprint density at radius 2 is 1.43 bits per heavy atom. The zero-order chi connectivity index (χ0) is 16.1. The first-order chi connectivity index (χ1) is 11.3. The zero-order valence-corrected chi connectivity index (χ0v) is 13.3. The van der Waals surface area contributed by atoms with Gasteiger partial charge in [-0.15, -0.1) is 10.2 Å². The van der Waals surface area contributed by atoms with Crippen LogP contribution in [0.5, 0.6) is 0 Å². The summed E-state index contributed by atoms with van der Waals surface area (Å²) in [5, 5.41) is 18.3. The van der Waals surface area contributed by atoms with Gasteiger partial charge < -0.3 is 0 Å². The van der Waals surface area contributed by atoms with Crippen molar-refractivity contribution in [1.29, 1.82) is 0 Å². The zero-order valence-electron chi connectivity index (χ0n) is 13.3. The van der Waals surface area contributed by atoms with E-state index in [4.69, 9.17) is 0 Å². The number of benzene rings is 2. The largest absolute Gasteiger partial charge is 0.296 e. The van der Waals surface area contributed by atoms with Gasteiger partial charge in [-0.05, 0) is 17.0 Å². The summed E-state index contributed by atoms with van der Waals surface area (Å²) in [6, 6.07) is 20.9. The monoisotopic (exact) mass is 307 g/mol. The Labute approximate surface area is 136 Å². The van der Waals surface area contributed by atoms with Crippen molar-refractivity contribution in [2.45, 2.75) is 25.9 Å². The van der Waals surface area contributed by atoms with Crippen molar-refractivity contribution < 1.29 is 0 Å². The van der Waals surface area contributed by atoms with Crippen molar-refractivity contribution in [2.24, 2.45) is 5.92 Å². The molecule has 0 radical (unpaired) electrons. The molecule has 0 aliphatic rings. The number of H-pyrrole nitrogens is 1. The van der Waals surface area contributed by atoms with E-state index in [2.05, 4.69) is 88.3 Å². The molecule has 5 nitrogen and oxygen atoms in total. The standard InChI is InChI=1S/C18H21N5/c1-13(2)16(18-20-22-23-21-18)19-17(14-9-5-3-6-10-14)15-11-7-4-8-12-15/h3-13,16-17,19H,1-2H3,(H,20,21,22,23). The highest BCUT2D eigenvalue weighted by molar-refractivity contribution is 5.32. The average Bonchev–Trinajstić information content (AvgIpc) is 3.11. The third-order valence-electron chi connectivity index (χ3n) is 3.92. The summed E-state index contributed by atoms with van der Waals surface area (Å²) in [7, 11) is 0. The van der Waals surface area contributed by atoms with Gasteiger partial charge in [0.1, 0.15) is 0 Å². The van der Waals surface area contributed by atoms with Crippen molar-refractivity contribution in [1.82, 2.24) is 25.9 Å². The second-order valence-electron chi connectivity index (χ2n) is 5.91. The number of hydrogen-bond donors (Lipinski definition) is 2. The lowest BCUT2D eigenvalue weighted by atomic mass is 9.95. The van der Waals surface area contributed by atoms with Gasteiger partial charge in [0.15, 0.2) is 5.82 Å². The molecule has 5 heteroatoms. The Morgan fingerprint density at radius 3 is 1.87 bits per heavy atom. The van der Waals surface area contributed by atoms with Crippen LogP contribution in [-0.2, 0) is 0 Å². The van der Waals surface area contributed by atoms with Crippen LogP contribution in [0.1, 0.15) is 42.9 Å².